The maximum absolute atomic E-state index is 5.20. The van der Waals surface area contributed by atoms with Crippen LogP contribution in [0.2, 0.25) is 0 Å². The SMILES string of the molecule is c1ccc(-c2ccc(-c3ccc(-n4nc(-c5cccc6ccccc56)nc4-c4cccc5ccccc45)cc3)cc2)cc1. The molecule has 0 N–H and O–H groups in total. The first-order valence-electron chi connectivity index (χ1n) is 14.5. The minimum absolute atomic E-state index is 0.709. The maximum atomic E-state index is 5.20. The van der Waals surface area contributed by atoms with Gasteiger partial charge in [-0.1, -0.05) is 152 Å². The quantitative estimate of drug-likeness (QED) is 0.214. The molecule has 0 saturated carbocycles. The molecule has 0 bridgehead atoms. The summed E-state index contributed by atoms with van der Waals surface area (Å²) in [7, 11) is 0. The second kappa shape index (κ2) is 10.6. The van der Waals surface area contributed by atoms with Gasteiger partial charge in [-0.05, 0) is 55.9 Å². The molecule has 3 heteroatoms. The average molecular weight is 550 g/mol. The molecule has 1 heterocycles. The number of nitrogens with zero attached hydrogens (tertiary/aromatic N) is 3. The van der Waals surface area contributed by atoms with E-state index in [0.717, 1.165) is 39.0 Å². The van der Waals surface area contributed by atoms with E-state index in [0.29, 0.717) is 5.82 Å². The lowest BCUT2D eigenvalue weighted by molar-refractivity contribution is 0.892. The minimum atomic E-state index is 0.709. The van der Waals surface area contributed by atoms with Gasteiger partial charge in [-0.15, -0.1) is 5.10 Å². The van der Waals surface area contributed by atoms with E-state index in [-0.39, 0.29) is 0 Å². The molecule has 8 rings (SSSR count). The Morgan fingerprint density at radius 1 is 0.372 bits per heavy atom. The van der Waals surface area contributed by atoms with Crippen molar-refractivity contribution in [2.24, 2.45) is 0 Å². The third kappa shape index (κ3) is 4.58. The van der Waals surface area contributed by atoms with E-state index < -0.39 is 0 Å². The standard InChI is InChI=1S/C40H27N3/c1-2-10-28(11-3-1)29-20-22-30(23-21-29)31-24-26-34(27-25-31)43-40(38-19-9-15-33-13-5-7-17-36(33)38)41-39(42-43)37-18-8-14-32-12-4-6-16-35(32)37/h1-27H. The molecule has 7 aromatic carbocycles. The van der Waals surface area contributed by atoms with Crippen LogP contribution in [0.3, 0.4) is 0 Å². The molecule has 0 aliphatic carbocycles. The van der Waals surface area contributed by atoms with Crippen molar-refractivity contribution in [2.75, 3.05) is 0 Å². The highest BCUT2D eigenvalue weighted by molar-refractivity contribution is 5.97. The molecule has 0 aliphatic heterocycles. The number of fused-ring (bicyclic) bond motifs is 2. The number of aromatic nitrogens is 3. The van der Waals surface area contributed by atoms with Gasteiger partial charge in [0.1, 0.15) is 0 Å². The molecule has 1 aromatic heterocycles. The van der Waals surface area contributed by atoms with Crippen molar-refractivity contribution in [3.63, 3.8) is 0 Å². The zero-order valence-electron chi connectivity index (χ0n) is 23.4. The zero-order valence-corrected chi connectivity index (χ0v) is 23.4. The van der Waals surface area contributed by atoms with Crippen molar-refractivity contribution < 1.29 is 0 Å². The fraction of sp³-hybridized carbons (Fsp3) is 0. The molecule has 0 radical (unpaired) electrons. The van der Waals surface area contributed by atoms with Crippen molar-refractivity contribution in [2.45, 2.75) is 0 Å². The van der Waals surface area contributed by atoms with Gasteiger partial charge in [0.15, 0.2) is 11.6 Å². The van der Waals surface area contributed by atoms with Crippen LogP contribution < -0.4 is 0 Å². The summed E-state index contributed by atoms with van der Waals surface area (Å²) < 4.78 is 1.99. The van der Waals surface area contributed by atoms with Crippen molar-refractivity contribution in [1.82, 2.24) is 14.8 Å². The first kappa shape index (κ1) is 25.0. The van der Waals surface area contributed by atoms with E-state index in [4.69, 9.17) is 10.1 Å². The summed E-state index contributed by atoms with van der Waals surface area (Å²) in [6.45, 7) is 0. The Balaban J connectivity index is 1.24. The molecule has 0 fully saturated rings. The van der Waals surface area contributed by atoms with Crippen LogP contribution in [-0.2, 0) is 0 Å². The average Bonchev–Trinajstić information content (AvgIpc) is 3.53. The highest BCUT2D eigenvalue weighted by Gasteiger charge is 2.18. The third-order valence-electron chi connectivity index (χ3n) is 8.11. The Labute approximate surface area is 250 Å². The summed E-state index contributed by atoms with van der Waals surface area (Å²) in [6, 6.07) is 57.4. The highest BCUT2D eigenvalue weighted by atomic mass is 15.4. The summed E-state index contributed by atoms with van der Waals surface area (Å²) >= 11 is 0. The van der Waals surface area contributed by atoms with Gasteiger partial charge < -0.3 is 0 Å². The molecule has 0 amide bonds. The topological polar surface area (TPSA) is 30.7 Å². The lowest BCUT2D eigenvalue weighted by atomic mass is 10.0. The molecule has 3 nitrogen and oxygen atoms in total. The second-order valence-corrected chi connectivity index (χ2v) is 10.7. The van der Waals surface area contributed by atoms with Crippen LogP contribution in [0.1, 0.15) is 0 Å². The number of benzene rings is 7. The van der Waals surface area contributed by atoms with Crippen LogP contribution >= 0.6 is 0 Å². The predicted octanol–water partition coefficient (Wildman–Crippen LogP) is 10.2. The fourth-order valence-electron chi connectivity index (χ4n) is 5.90. The molecular formula is C40H27N3. The molecule has 0 saturated heterocycles. The molecule has 0 spiro atoms. The molecule has 0 unspecified atom stereocenters. The molecule has 0 aliphatic rings. The Kier molecular flexibility index (Phi) is 6.12. The lowest BCUT2D eigenvalue weighted by Crippen LogP contribution is -2.00. The van der Waals surface area contributed by atoms with E-state index >= 15 is 0 Å². The maximum Gasteiger partial charge on any atom is 0.182 e. The van der Waals surface area contributed by atoms with Crippen molar-refractivity contribution in [3.05, 3.63) is 164 Å². The number of hydrogen-bond acceptors (Lipinski definition) is 2. The molecule has 202 valence electrons. The van der Waals surface area contributed by atoms with Crippen LogP contribution in [-0.4, -0.2) is 14.8 Å². The van der Waals surface area contributed by atoms with Gasteiger partial charge in [-0.25, -0.2) is 9.67 Å². The van der Waals surface area contributed by atoms with Crippen LogP contribution in [0.15, 0.2) is 164 Å². The van der Waals surface area contributed by atoms with E-state index in [2.05, 4.69) is 158 Å². The first-order chi connectivity index (χ1) is 21.3. The molecule has 8 aromatic rings. The normalized spacial score (nSPS) is 11.3. The van der Waals surface area contributed by atoms with Crippen LogP contribution in [0.25, 0.3) is 72.3 Å². The van der Waals surface area contributed by atoms with Gasteiger partial charge in [0.25, 0.3) is 0 Å². The van der Waals surface area contributed by atoms with Gasteiger partial charge in [-0.3, -0.25) is 0 Å². The van der Waals surface area contributed by atoms with Gasteiger partial charge in [0.05, 0.1) is 5.69 Å². The zero-order chi connectivity index (χ0) is 28.6. The number of rotatable bonds is 5. The van der Waals surface area contributed by atoms with Crippen LogP contribution in [0.4, 0.5) is 0 Å². The summed E-state index contributed by atoms with van der Waals surface area (Å²) in [4.78, 5) is 5.20. The van der Waals surface area contributed by atoms with Gasteiger partial charge in [0, 0.05) is 11.1 Å². The van der Waals surface area contributed by atoms with E-state index in [1.165, 1.54) is 27.5 Å². The Morgan fingerprint density at radius 2 is 0.837 bits per heavy atom. The molecule has 0 atom stereocenters. The van der Waals surface area contributed by atoms with E-state index in [1.54, 1.807) is 0 Å². The molecule has 43 heavy (non-hydrogen) atoms. The van der Waals surface area contributed by atoms with Gasteiger partial charge in [-0.2, -0.15) is 0 Å². The van der Waals surface area contributed by atoms with E-state index in [9.17, 15) is 0 Å². The highest BCUT2D eigenvalue weighted by Crippen LogP contribution is 2.34. The van der Waals surface area contributed by atoms with Gasteiger partial charge in [0.2, 0.25) is 0 Å². The van der Waals surface area contributed by atoms with E-state index in [1.807, 2.05) is 10.7 Å². The Morgan fingerprint density at radius 3 is 1.47 bits per heavy atom. The third-order valence-corrected chi connectivity index (χ3v) is 8.11. The summed E-state index contributed by atoms with van der Waals surface area (Å²) in [5, 5.41) is 9.78. The second-order valence-electron chi connectivity index (χ2n) is 10.7. The summed E-state index contributed by atoms with van der Waals surface area (Å²) in [5.41, 5.74) is 7.81. The van der Waals surface area contributed by atoms with Gasteiger partial charge >= 0.3 is 0 Å². The Hall–Kier alpha value is -5.80. The smallest absolute Gasteiger partial charge is 0.182 e. The largest absolute Gasteiger partial charge is 0.213 e. The predicted molar refractivity (Wildman–Crippen MR) is 178 cm³/mol. The monoisotopic (exact) mass is 549 g/mol. The first-order valence-corrected chi connectivity index (χ1v) is 14.5. The van der Waals surface area contributed by atoms with Crippen LogP contribution in [0, 0.1) is 0 Å². The summed E-state index contributed by atoms with van der Waals surface area (Å²) in [6.07, 6.45) is 0. The van der Waals surface area contributed by atoms with Crippen molar-refractivity contribution in [3.8, 4) is 50.7 Å². The summed E-state index contributed by atoms with van der Waals surface area (Å²) in [5.74, 6) is 1.53. The van der Waals surface area contributed by atoms with Crippen molar-refractivity contribution in [1.29, 1.82) is 0 Å². The fourth-order valence-corrected chi connectivity index (χ4v) is 5.90. The lowest BCUT2D eigenvalue weighted by Gasteiger charge is -2.10. The molecular weight excluding hydrogens is 522 g/mol. The van der Waals surface area contributed by atoms with Crippen LogP contribution in [0.5, 0.6) is 0 Å². The minimum Gasteiger partial charge on any atom is -0.213 e. The Bertz CT molecular complexity index is 2200. The number of hydrogen-bond donors (Lipinski definition) is 0. The van der Waals surface area contributed by atoms with Crippen molar-refractivity contribution >= 4 is 21.5 Å².